The van der Waals surface area contributed by atoms with Gasteiger partial charge in [-0.1, -0.05) is 6.92 Å². The zero-order valence-electron chi connectivity index (χ0n) is 18.2. The van der Waals surface area contributed by atoms with Crippen molar-refractivity contribution in [3.05, 3.63) is 40.0 Å². The third-order valence-corrected chi connectivity index (χ3v) is 7.83. The summed E-state index contributed by atoms with van der Waals surface area (Å²) in [5.74, 6) is 3.36. The van der Waals surface area contributed by atoms with E-state index in [1.54, 1.807) is 6.07 Å². The van der Waals surface area contributed by atoms with Gasteiger partial charge in [0, 0.05) is 43.0 Å². The lowest BCUT2D eigenvalue weighted by molar-refractivity contribution is 0.0746. The average molecular weight is 451 g/mol. The molecule has 7 nitrogen and oxygen atoms in total. The van der Waals surface area contributed by atoms with Crippen LogP contribution in [0.4, 0.5) is 5.82 Å². The number of hydrogen-bond donors (Lipinski definition) is 0. The van der Waals surface area contributed by atoms with Gasteiger partial charge in [-0.15, -0.1) is 11.3 Å². The minimum Gasteiger partial charge on any atom is -0.454 e. The summed E-state index contributed by atoms with van der Waals surface area (Å²) in [4.78, 5) is 29.8. The Kier molecular flexibility index (Phi) is 4.90. The Morgan fingerprint density at radius 2 is 1.88 bits per heavy atom. The highest BCUT2D eigenvalue weighted by atomic mass is 32.1. The van der Waals surface area contributed by atoms with E-state index in [-0.39, 0.29) is 12.7 Å². The van der Waals surface area contributed by atoms with Gasteiger partial charge in [-0.3, -0.25) is 4.79 Å². The van der Waals surface area contributed by atoms with Gasteiger partial charge in [-0.2, -0.15) is 0 Å². The van der Waals surface area contributed by atoms with Gasteiger partial charge in [-0.25, -0.2) is 9.97 Å². The Bertz CT molecular complexity index is 1200. The molecule has 3 aromatic rings. The Balaban J connectivity index is 1.25. The van der Waals surface area contributed by atoms with Crippen LogP contribution >= 0.6 is 11.3 Å². The van der Waals surface area contributed by atoms with E-state index < -0.39 is 0 Å². The minimum atomic E-state index is 0.0398. The second kappa shape index (κ2) is 7.92. The van der Waals surface area contributed by atoms with E-state index in [4.69, 9.17) is 19.4 Å². The van der Waals surface area contributed by atoms with Gasteiger partial charge >= 0.3 is 0 Å². The molecule has 4 heterocycles. The number of ether oxygens (including phenoxy) is 2. The fourth-order valence-electron chi connectivity index (χ4n) is 4.90. The van der Waals surface area contributed by atoms with Crippen LogP contribution in [0.3, 0.4) is 0 Å². The van der Waals surface area contributed by atoms with Crippen LogP contribution in [-0.2, 0) is 19.3 Å². The summed E-state index contributed by atoms with van der Waals surface area (Å²) in [5.41, 5.74) is 2.11. The number of aromatic nitrogens is 2. The number of piperazine rings is 1. The molecule has 0 bridgehead atoms. The van der Waals surface area contributed by atoms with E-state index in [9.17, 15) is 4.79 Å². The molecule has 166 valence electrons. The number of hydrogen-bond acceptors (Lipinski definition) is 7. The molecule has 0 N–H and O–H groups in total. The molecule has 1 aromatic carbocycles. The van der Waals surface area contributed by atoms with Crippen molar-refractivity contribution >= 4 is 33.3 Å². The number of amides is 1. The molecule has 0 radical (unpaired) electrons. The predicted molar refractivity (Wildman–Crippen MR) is 124 cm³/mol. The minimum absolute atomic E-state index is 0.0398. The van der Waals surface area contributed by atoms with E-state index in [2.05, 4.69) is 11.8 Å². The van der Waals surface area contributed by atoms with Gasteiger partial charge in [0.2, 0.25) is 6.79 Å². The van der Waals surface area contributed by atoms with Gasteiger partial charge in [0.05, 0.1) is 5.39 Å². The van der Waals surface area contributed by atoms with Crippen molar-refractivity contribution in [1.82, 2.24) is 14.9 Å². The Morgan fingerprint density at radius 3 is 2.72 bits per heavy atom. The van der Waals surface area contributed by atoms with Gasteiger partial charge in [0.15, 0.2) is 11.5 Å². The molecule has 0 saturated carbocycles. The molecule has 0 unspecified atom stereocenters. The van der Waals surface area contributed by atoms with Crippen LogP contribution in [0.15, 0.2) is 18.2 Å². The summed E-state index contributed by atoms with van der Waals surface area (Å²) < 4.78 is 10.8. The van der Waals surface area contributed by atoms with E-state index in [1.807, 2.05) is 28.4 Å². The molecule has 0 atom stereocenters. The largest absolute Gasteiger partial charge is 0.454 e. The van der Waals surface area contributed by atoms with Gasteiger partial charge < -0.3 is 19.3 Å². The van der Waals surface area contributed by atoms with Crippen LogP contribution in [0, 0.1) is 0 Å². The lowest BCUT2D eigenvalue weighted by atomic mass is 9.97. The Morgan fingerprint density at radius 1 is 1.06 bits per heavy atom. The number of fused-ring (bicyclic) bond motifs is 4. The summed E-state index contributed by atoms with van der Waals surface area (Å²) in [7, 11) is 0. The molecule has 32 heavy (non-hydrogen) atoms. The summed E-state index contributed by atoms with van der Waals surface area (Å²) >= 11 is 1.86. The zero-order valence-corrected chi connectivity index (χ0v) is 19.0. The zero-order chi connectivity index (χ0) is 21.7. The summed E-state index contributed by atoms with van der Waals surface area (Å²) in [6, 6.07) is 5.42. The highest BCUT2D eigenvalue weighted by molar-refractivity contribution is 7.19. The second-order valence-electron chi connectivity index (χ2n) is 8.56. The van der Waals surface area contributed by atoms with E-state index >= 15 is 0 Å². The average Bonchev–Trinajstić information content (AvgIpc) is 3.46. The monoisotopic (exact) mass is 450 g/mol. The Hall–Kier alpha value is -2.87. The quantitative estimate of drug-likeness (QED) is 0.604. The number of aryl methyl sites for hydroxylation is 3. The molecule has 2 aromatic heterocycles. The first-order valence-electron chi connectivity index (χ1n) is 11.5. The topological polar surface area (TPSA) is 67.8 Å². The first kappa shape index (κ1) is 19.8. The van der Waals surface area contributed by atoms with Gasteiger partial charge in [0.1, 0.15) is 16.5 Å². The third kappa shape index (κ3) is 3.28. The predicted octanol–water partition coefficient (Wildman–Crippen LogP) is 3.82. The van der Waals surface area contributed by atoms with E-state index in [0.29, 0.717) is 30.2 Å². The van der Waals surface area contributed by atoms with Crippen molar-refractivity contribution in [3.63, 3.8) is 0 Å². The van der Waals surface area contributed by atoms with Crippen LogP contribution in [0.5, 0.6) is 11.5 Å². The van der Waals surface area contributed by atoms with Crippen molar-refractivity contribution in [2.75, 3.05) is 37.9 Å². The number of thiophene rings is 1. The molecule has 3 aliphatic rings. The van der Waals surface area contributed by atoms with Crippen molar-refractivity contribution in [3.8, 4) is 11.5 Å². The second-order valence-corrected chi connectivity index (χ2v) is 9.64. The van der Waals surface area contributed by atoms with E-state index in [1.165, 1.54) is 28.7 Å². The normalized spacial score (nSPS) is 17.7. The maximum Gasteiger partial charge on any atom is 0.254 e. The van der Waals surface area contributed by atoms with Crippen molar-refractivity contribution < 1.29 is 14.3 Å². The standard InChI is InChI=1S/C24H26N4O3S/c1-2-20-25-22(21-16-5-3-4-6-19(16)32-23(21)26-20)27-9-11-28(12-10-27)24(29)15-7-8-17-18(13-15)31-14-30-17/h7-8,13H,2-6,9-12,14H2,1H3. The highest BCUT2D eigenvalue weighted by Crippen LogP contribution is 2.40. The summed E-state index contributed by atoms with van der Waals surface area (Å²) in [6.45, 7) is 5.22. The van der Waals surface area contributed by atoms with Crippen molar-refractivity contribution in [2.24, 2.45) is 0 Å². The SMILES string of the molecule is CCc1nc(N2CCN(C(=O)c3ccc4c(c3)OCO4)CC2)c2c3c(sc2n1)CCCC3. The molecule has 0 spiro atoms. The molecule has 1 amide bonds. The first-order chi connectivity index (χ1) is 15.7. The first-order valence-corrected chi connectivity index (χ1v) is 12.3. The summed E-state index contributed by atoms with van der Waals surface area (Å²) in [6.07, 6.45) is 5.62. The number of carbonyl (C=O) groups is 1. The fourth-order valence-corrected chi connectivity index (χ4v) is 6.18. The number of anilines is 1. The van der Waals surface area contributed by atoms with Crippen molar-refractivity contribution in [2.45, 2.75) is 39.0 Å². The van der Waals surface area contributed by atoms with Crippen LogP contribution in [0.25, 0.3) is 10.2 Å². The molecule has 1 saturated heterocycles. The Labute approximate surface area is 191 Å². The molecule has 1 fully saturated rings. The molecule has 1 aliphatic carbocycles. The number of rotatable bonds is 3. The lowest BCUT2D eigenvalue weighted by Gasteiger charge is -2.36. The number of carbonyl (C=O) groups excluding carboxylic acids is 1. The van der Waals surface area contributed by atoms with Gasteiger partial charge in [0.25, 0.3) is 5.91 Å². The molecule has 2 aliphatic heterocycles. The fraction of sp³-hybridized carbons (Fsp3) is 0.458. The van der Waals surface area contributed by atoms with Crippen LogP contribution in [0.2, 0.25) is 0 Å². The van der Waals surface area contributed by atoms with Crippen LogP contribution in [-0.4, -0.2) is 53.7 Å². The molecule has 8 heteroatoms. The highest BCUT2D eigenvalue weighted by Gasteiger charge is 2.28. The molecule has 6 rings (SSSR count). The maximum absolute atomic E-state index is 13.1. The van der Waals surface area contributed by atoms with Crippen molar-refractivity contribution in [1.29, 1.82) is 0 Å². The summed E-state index contributed by atoms with van der Waals surface area (Å²) in [5, 5.41) is 1.26. The van der Waals surface area contributed by atoms with Crippen LogP contribution in [0.1, 0.15) is 46.4 Å². The molecular weight excluding hydrogens is 424 g/mol. The van der Waals surface area contributed by atoms with Crippen LogP contribution < -0.4 is 14.4 Å². The smallest absolute Gasteiger partial charge is 0.254 e. The number of benzene rings is 1. The lowest BCUT2D eigenvalue weighted by Crippen LogP contribution is -2.49. The third-order valence-electron chi connectivity index (χ3n) is 6.64. The van der Waals surface area contributed by atoms with E-state index in [0.717, 1.165) is 48.8 Å². The molecular formula is C24H26N4O3S. The maximum atomic E-state index is 13.1. The number of nitrogens with zero attached hydrogens (tertiary/aromatic N) is 4. The van der Waals surface area contributed by atoms with Gasteiger partial charge in [-0.05, 0) is 49.4 Å².